The van der Waals surface area contributed by atoms with E-state index in [4.69, 9.17) is 5.73 Å². The van der Waals surface area contributed by atoms with Crippen molar-refractivity contribution in [2.45, 2.75) is 39.3 Å². The maximum absolute atomic E-state index is 6.07. The highest BCUT2D eigenvalue weighted by atomic mass is 15.2. The van der Waals surface area contributed by atoms with Crippen LogP contribution in [0, 0.1) is 0 Å². The van der Waals surface area contributed by atoms with E-state index in [1.807, 2.05) is 0 Å². The van der Waals surface area contributed by atoms with Crippen LogP contribution in [0.5, 0.6) is 0 Å². The maximum atomic E-state index is 6.07. The van der Waals surface area contributed by atoms with E-state index in [1.54, 1.807) is 0 Å². The van der Waals surface area contributed by atoms with Crippen molar-refractivity contribution in [3.8, 4) is 0 Å². The van der Waals surface area contributed by atoms with E-state index in [9.17, 15) is 0 Å². The summed E-state index contributed by atoms with van der Waals surface area (Å²) in [6.07, 6.45) is 1.09. The first-order valence-corrected chi connectivity index (χ1v) is 7.72. The number of likely N-dealkylation sites (N-methyl/N-ethyl adjacent to an activating group) is 2. The Morgan fingerprint density at radius 2 is 1.70 bits per heavy atom. The normalized spacial score (nSPS) is 14.8. The van der Waals surface area contributed by atoms with Gasteiger partial charge in [0.1, 0.15) is 0 Å². The number of aryl methyl sites for hydroxylation is 1. The smallest absolute Gasteiger partial charge is 0.0473 e. The standard InChI is InChI=1S/C17H31N3/c1-6-15-8-10-16(11-9-15)17(12-18)20(7-2)14(3)13-19(4)5/h8-11,14,17H,6-7,12-13,18H2,1-5H3. The number of nitrogens with two attached hydrogens (primary N) is 1. The van der Waals surface area contributed by atoms with Gasteiger partial charge in [0.2, 0.25) is 0 Å². The summed E-state index contributed by atoms with van der Waals surface area (Å²) in [5, 5.41) is 0. The lowest BCUT2D eigenvalue weighted by atomic mass is 10.0. The molecule has 2 N–H and O–H groups in total. The zero-order valence-corrected chi connectivity index (χ0v) is 13.8. The number of benzene rings is 1. The molecule has 0 amide bonds. The minimum atomic E-state index is 0.306. The third kappa shape index (κ3) is 4.58. The molecule has 114 valence electrons. The zero-order valence-electron chi connectivity index (χ0n) is 13.8. The summed E-state index contributed by atoms with van der Waals surface area (Å²) in [6.45, 7) is 9.43. The van der Waals surface area contributed by atoms with Gasteiger partial charge < -0.3 is 10.6 Å². The molecule has 1 aromatic rings. The van der Waals surface area contributed by atoms with E-state index >= 15 is 0 Å². The fourth-order valence-corrected chi connectivity index (χ4v) is 2.91. The molecular weight excluding hydrogens is 246 g/mol. The van der Waals surface area contributed by atoms with Crippen LogP contribution in [-0.4, -0.2) is 49.6 Å². The van der Waals surface area contributed by atoms with Crippen LogP contribution < -0.4 is 5.73 Å². The monoisotopic (exact) mass is 277 g/mol. The highest BCUT2D eigenvalue weighted by Crippen LogP contribution is 2.22. The highest BCUT2D eigenvalue weighted by Gasteiger charge is 2.22. The average molecular weight is 277 g/mol. The Hall–Kier alpha value is -0.900. The van der Waals surface area contributed by atoms with E-state index in [-0.39, 0.29) is 0 Å². The van der Waals surface area contributed by atoms with Crippen molar-refractivity contribution >= 4 is 0 Å². The van der Waals surface area contributed by atoms with Gasteiger partial charge in [0, 0.05) is 25.2 Å². The van der Waals surface area contributed by atoms with Gasteiger partial charge in [-0.3, -0.25) is 4.90 Å². The Morgan fingerprint density at radius 1 is 1.10 bits per heavy atom. The minimum Gasteiger partial charge on any atom is -0.329 e. The number of hydrogen-bond acceptors (Lipinski definition) is 3. The summed E-state index contributed by atoms with van der Waals surface area (Å²) in [6, 6.07) is 9.73. The molecule has 0 fully saturated rings. The van der Waals surface area contributed by atoms with E-state index in [0.717, 1.165) is 19.5 Å². The topological polar surface area (TPSA) is 32.5 Å². The van der Waals surface area contributed by atoms with Gasteiger partial charge in [-0.15, -0.1) is 0 Å². The van der Waals surface area contributed by atoms with Crippen molar-refractivity contribution in [1.82, 2.24) is 9.80 Å². The molecule has 0 aromatic heterocycles. The van der Waals surface area contributed by atoms with E-state index in [2.05, 4.69) is 68.9 Å². The van der Waals surface area contributed by atoms with Gasteiger partial charge in [-0.05, 0) is 45.1 Å². The lowest BCUT2D eigenvalue weighted by Gasteiger charge is -2.36. The average Bonchev–Trinajstić information content (AvgIpc) is 2.43. The van der Waals surface area contributed by atoms with Crippen LogP contribution >= 0.6 is 0 Å². The first-order valence-electron chi connectivity index (χ1n) is 7.72. The van der Waals surface area contributed by atoms with Gasteiger partial charge in [0.25, 0.3) is 0 Å². The van der Waals surface area contributed by atoms with Crippen molar-refractivity contribution in [3.05, 3.63) is 35.4 Å². The van der Waals surface area contributed by atoms with E-state index < -0.39 is 0 Å². The SMILES string of the molecule is CCc1ccc(C(CN)N(CC)C(C)CN(C)C)cc1. The van der Waals surface area contributed by atoms with Crippen molar-refractivity contribution in [1.29, 1.82) is 0 Å². The van der Waals surface area contributed by atoms with Crippen molar-refractivity contribution < 1.29 is 0 Å². The molecule has 0 saturated carbocycles. The molecule has 3 nitrogen and oxygen atoms in total. The van der Waals surface area contributed by atoms with Gasteiger partial charge in [0.15, 0.2) is 0 Å². The molecule has 0 aliphatic rings. The maximum Gasteiger partial charge on any atom is 0.0473 e. The molecule has 0 spiro atoms. The lowest BCUT2D eigenvalue weighted by Crippen LogP contribution is -2.44. The second kappa shape index (κ2) is 8.40. The first-order chi connectivity index (χ1) is 9.53. The summed E-state index contributed by atoms with van der Waals surface area (Å²) < 4.78 is 0. The molecule has 0 aliphatic heterocycles. The number of nitrogens with zero attached hydrogens (tertiary/aromatic N) is 2. The molecule has 0 bridgehead atoms. The minimum absolute atomic E-state index is 0.306. The molecule has 1 rings (SSSR count). The number of hydrogen-bond donors (Lipinski definition) is 1. The van der Waals surface area contributed by atoms with Crippen molar-refractivity contribution in [3.63, 3.8) is 0 Å². The van der Waals surface area contributed by atoms with Crippen LogP contribution in [0.1, 0.15) is 37.9 Å². The molecule has 2 unspecified atom stereocenters. The van der Waals surface area contributed by atoms with E-state index in [0.29, 0.717) is 18.6 Å². The Labute approximate surface area is 124 Å². The molecule has 0 heterocycles. The zero-order chi connectivity index (χ0) is 15.1. The summed E-state index contributed by atoms with van der Waals surface area (Å²) in [7, 11) is 4.25. The molecule has 3 heteroatoms. The van der Waals surface area contributed by atoms with Crippen LogP contribution in [0.2, 0.25) is 0 Å². The molecule has 0 aliphatic carbocycles. The van der Waals surface area contributed by atoms with Crippen LogP contribution in [0.25, 0.3) is 0 Å². The second-order valence-corrected chi connectivity index (χ2v) is 5.79. The molecule has 0 saturated heterocycles. The summed E-state index contributed by atoms with van der Waals surface area (Å²) in [4.78, 5) is 4.74. The van der Waals surface area contributed by atoms with Gasteiger partial charge in [-0.1, -0.05) is 38.1 Å². The summed E-state index contributed by atoms with van der Waals surface area (Å²) in [5.41, 5.74) is 8.78. The molecule has 2 atom stereocenters. The first kappa shape index (κ1) is 17.2. The Balaban J connectivity index is 2.89. The molecule has 0 radical (unpaired) electrons. The van der Waals surface area contributed by atoms with Crippen molar-refractivity contribution in [2.24, 2.45) is 5.73 Å². The second-order valence-electron chi connectivity index (χ2n) is 5.79. The van der Waals surface area contributed by atoms with Crippen LogP contribution in [0.15, 0.2) is 24.3 Å². The van der Waals surface area contributed by atoms with Crippen molar-refractivity contribution in [2.75, 3.05) is 33.7 Å². The van der Waals surface area contributed by atoms with Crippen LogP contribution in [0.3, 0.4) is 0 Å². The quantitative estimate of drug-likeness (QED) is 0.792. The van der Waals surface area contributed by atoms with Gasteiger partial charge in [-0.2, -0.15) is 0 Å². The Kier molecular flexibility index (Phi) is 7.20. The van der Waals surface area contributed by atoms with Gasteiger partial charge in [-0.25, -0.2) is 0 Å². The van der Waals surface area contributed by atoms with Crippen LogP contribution in [-0.2, 0) is 6.42 Å². The Bertz CT molecular complexity index is 372. The predicted molar refractivity (Wildman–Crippen MR) is 88.0 cm³/mol. The largest absolute Gasteiger partial charge is 0.329 e. The molecule has 1 aromatic carbocycles. The molecular formula is C17H31N3. The third-order valence-corrected chi connectivity index (χ3v) is 3.96. The highest BCUT2D eigenvalue weighted by molar-refractivity contribution is 5.25. The third-order valence-electron chi connectivity index (χ3n) is 3.96. The lowest BCUT2D eigenvalue weighted by molar-refractivity contribution is 0.131. The number of rotatable bonds is 8. The predicted octanol–water partition coefficient (Wildman–Crippen LogP) is 2.52. The van der Waals surface area contributed by atoms with Crippen LogP contribution in [0.4, 0.5) is 0 Å². The fraction of sp³-hybridized carbons (Fsp3) is 0.647. The Morgan fingerprint density at radius 3 is 2.10 bits per heavy atom. The summed E-state index contributed by atoms with van der Waals surface area (Å²) >= 11 is 0. The summed E-state index contributed by atoms with van der Waals surface area (Å²) in [5.74, 6) is 0. The van der Waals surface area contributed by atoms with E-state index in [1.165, 1.54) is 11.1 Å². The molecule has 20 heavy (non-hydrogen) atoms. The van der Waals surface area contributed by atoms with Gasteiger partial charge in [0.05, 0.1) is 0 Å². The van der Waals surface area contributed by atoms with Gasteiger partial charge >= 0.3 is 0 Å². The fourth-order valence-electron chi connectivity index (χ4n) is 2.91.